The molecule has 29 heavy (non-hydrogen) atoms. The molecule has 0 aliphatic carbocycles. The predicted molar refractivity (Wildman–Crippen MR) is 120 cm³/mol. The van der Waals surface area contributed by atoms with E-state index in [1.807, 2.05) is 6.92 Å². The molecule has 0 amide bonds. The predicted octanol–water partition coefficient (Wildman–Crippen LogP) is 4.85. The van der Waals surface area contributed by atoms with Crippen molar-refractivity contribution in [1.29, 1.82) is 0 Å². The SMILES string of the molecule is CCCC/C(=C/C(=O)[O-])C(=O)[O-].CCCCCCC[CH2][Sn+2][CH2]CCCCCCC. The summed E-state index contributed by atoms with van der Waals surface area (Å²) < 4.78 is 3.31. The zero-order valence-electron chi connectivity index (χ0n) is 19.2. The van der Waals surface area contributed by atoms with Gasteiger partial charge >= 0.3 is 121 Å². The van der Waals surface area contributed by atoms with E-state index in [-0.39, 0.29) is 33.1 Å². The number of rotatable bonds is 19. The molecule has 0 aromatic heterocycles. The van der Waals surface area contributed by atoms with Crippen molar-refractivity contribution >= 4 is 33.1 Å². The molecule has 4 nitrogen and oxygen atoms in total. The van der Waals surface area contributed by atoms with Gasteiger partial charge in [-0.2, -0.15) is 0 Å². The van der Waals surface area contributed by atoms with Crippen molar-refractivity contribution in [2.24, 2.45) is 0 Å². The zero-order chi connectivity index (χ0) is 22.2. The molecule has 0 aromatic carbocycles. The quantitative estimate of drug-likeness (QED) is 0.140. The van der Waals surface area contributed by atoms with Crippen LogP contribution in [-0.4, -0.2) is 33.1 Å². The third kappa shape index (κ3) is 27.5. The van der Waals surface area contributed by atoms with Crippen molar-refractivity contribution in [2.75, 3.05) is 0 Å². The van der Waals surface area contributed by atoms with Crippen LogP contribution in [-0.2, 0) is 9.59 Å². The molecule has 0 aliphatic heterocycles. The van der Waals surface area contributed by atoms with Crippen molar-refractivity contribution in [3.63, 3.8) is 0 Å². The molecule has 0 atom stereocenters. The molecular formula is C24H44O4Sn. The van der Waals surface area contributed by atoms with Crippen LogP contribution in [0.3, 0.4) is 0 Å². The van der Waals surface area contributed by atoms with Crippen molar-refractivity contribution < 1.29 is 19.8 Å². The van der Waals surface area contributed by atoms with Gasteiger partial charge in [-0.05, 0) is 24.5 Å². The van der Waals surface area contributed by atoms with E-state index in [0.29, 0.717) is 12.5 Å². The van der Waals surface area contributed by atoms with Gasteiger partial charge in [0, 0.05) is 0 Å². The third-order valence-corrected chi connectivity index (χ3v) is 8.80. The molecule has 5 heteroatoms. The second-order valence-corrected chi connectivity index (χ2v) is 11.9. The maximum atomic E-state index is 10.3. The maximum absolute atomic E-state index is 10.3. The minimum absolute atomic E-state index is 0.0736. The van der Waals surface area contributed by atoms with Crippen LogP contribution in [0.25, 0.3) is 0 Å². The Kier molecular flexibility index (Phi) is 27.0. The normalized spacial score (nSPS) is 10.8. The first kappa shape index (κ1) is 30.7. The first-order chi connectivity index (χ1) is 14.0. The van der Waals surface area contributed by atoms with E-state index in [1.54, 1.807) is 21.7 Å². The summed E-state index contributed by atoms with van der Waals surface area (Å²) in [6.45, 7) is 6.48. The molecule has 0 aromatic rings. The summed E-state index contributed by atoms with van der Waals surface area (Å²) in [5.41, 5.74) is -0.211. The van der Waals surface area contributed by atoms with Gasteiger partial charge in [0.2, 0.25) is 0 Å². The van der Waals surface area contributed by atoms with Crippen LogP contribution in [0.5, 0.6) is 0 Å². The van der Waals surface area contributed by atoms with E-state index < -0.39 is 11.9 Å². The fourth-order valence-corrected chi connectivity index (χ4v) is 6.50. The summed E-state index contributed by atoms with van der Waals surface area (Å²) in [5.74, 6) is -2.93. The van der Waals surface area contributed by atoms with E-state index in [2.05, 4.69) is 13.8 Å². The van der Waals surface area contributed by atoms with Crippen molar-refractivity contribution in [3.05, 3.63) is 11.6 Å². The van der Waals surface area contributed by atoms with Gasteiger partial charge in [0.05, 0.1) is 11.9 Å². The Balaban J connectivity index is 0. The molecule has 0 unspecified atom stereocenters. The van der Waals surface area contributed by atoms with Crippen molar-refractivity contribution in [1.82, 2.24) is 0 Å². The molecule has 0 heterocycles. The monoisotopic (exact) mass is 516 g/mol. The molecule has 0 saturated heterocycles. The molecule has 0 bridgehead atoms. The van der Waals surface area contributed by atoms with Gasteiger partial charge in [0.25, 0.3) is 0 Å². The number of hydrogen-bond donors (Lipinski definition) is 0. The third-order valence-electron chi connectivity index (χ3n) is 4.77. The summed E-state index contributed by atoms with van der Waals surface area (Å²) >= 11 is 0.0736. The van der Waals surface area contributed by atoms with Gasteiger partial charge in [-0.3, -0.25) is 0 Å². The van der Waals surface area contributed by atoms with Gasteiger partial charge in [0.1, 0.15) is 0 Å². The van der Waals surface area contributed by atoms with Gasteiger partial charge in [-0.25, -0.2) is 0 Å². The average Bonchev–Trinajstić information content (AvgIpc) is 2.69. The van der Waals surface area contributed by atoms with Crippen LogP contribution < -0.4 is 10.2 Å². The number of unbranched alkanes of at least 4 members (excludes halogenated alkanes) is 11. The molecule has 168 valence electrons. The Morgan fingerprint density at radius 3 is 1.45 bits per heavy atom. The average molecular weight is 515 g/mol. The molecule has 0 saturated carbocycles. The molecule has 0 spiro atoms. The van der Waals surface area contributed by atoms with Gasteiger partial charge in [-0.1, -0.05) is 13.3 Å². The first-order valence-corrected chi connectivity index (χ1v) is 15.9. The van der Waals surface area contributed by atoms with Gasteiger partial charge in [0.15, 0.2) is 0 Å². The zero-order valence-corrected chi connectivity index (χ0v) is 22.1. The Labute approximate surface area is 190 Å². The van der Waals surface area contributed by atoms with Crippen LogP contribution in [0, 0.1) is 0 Å². The van der Waals surface area contributed by atoms with Crippen molar-refractivity contribution in [3.8, 4) is 0 Å². The Morgan fingerprint density at radius 1 is 0.655 bits per heavy atom. The molecule has 0 N–H and O–H groups in total. The van der Waals surface area contributed by atoms with Gasteiger partial charge < -0.3 is 19.8 Å². The second-order valence-electron chi connectivity index (χ2n) is 7.67. The van der Waals surface area contributed by atoms with Crippen molar-refractivity contribution in [2.45, 2.75) is 126 Å². The van der Waals surface area contributed by atoms with Gasteiger partial charge in [-0.15, -0.1) is 0 Å². The fourth-order valence-electron chi connectivity index (χ4n) is 2.93. The number of aliphatic carboxylic acids is 2. The summed E-state index contributed by atoms with van der Waals surface area (Å²) in [4.78, 5) is 20.3. The fraction of sp³-hybridized carbons (Fsp3) is 0.833. The van der Waals surface area contributed by atoms with Crippen LogP contribution >= 0.6 is 0 Å². The molecular weight excluding hydrogens is 471 g/mol. The summed E-state index contributed by atoms with van der Waals surface area (Å²) in [7, 11) is 0. The molecule has 0 fully saturated rings. The summed E-state index contributed by atoms with van der Waals surface area (Å²) in [5, 5.41) is 20.3. The topological polar surface area (TPSA) is 80.3 Å². The van der Waals surface area contributed by atoms with E-state index in [1.165, 1.54) is 64.2 Å². The van der Waals surface area contributed by atoms with Crippen LogP contribution in [0.15, 0.2) is 11.6 Å². The number of carboxylic acids is 2. The summed E-state index contributed by atoms with van der Waals surface area (Å²) in [6.07, 6.45) is 20.1. The minimum atomic E-state index is -1.50. The van der Waals surface area contributed by atoms with E-state index in [4.69, 9.17) is 0 Å². The molecule has 0 radical (unpaired) electrons. The standard InChI is InChI=1S/C8H12O4.2C8H17.Sn/c1-2-3-4-6(8(11)12)5-7(9)10;2*1-3-5-7-8-6-4-2;/h5H,2-4H2,1H3,(H,9,10)(H,11,12);2*1,3-8H2,2H3;/q;;;+2/p-2/b6-5-;;;. The molecule has 0 rings (SSSR count). The van der Waals surface area contributed by atoms with E-state index >= 15 is 0 Å². The first-order valence-electron chi connectivity index (χ1n) is 11.8. The van der Waals surface area contributed by atoms with Crippen LogP contribution in [0.4, 0.5) is 0 Å². The number of carboxylic acid groups (broad SMARTS) is 2. The van der Waals surface area contributed by atoms with E-state index in [9.17, 15) is 19.8 Å². The Morgan fingerprint density at radius 2 is 1.07 bits per heavy atom. The van der Waals surface area contributed by atoms with Crippen LogP contribution in [0.1, 0.15) is 117 Å². The Bertz CT molecular complexity index is 394. The molecule has 0 aliphatic rings. The second kappa shape index (κ2) is 25.5. The Hall–Kier alpha value is -0.521. The van der Waals surface area contributed by atoms with E-state index in [0.717, 1.165) is 6.42 Å². The van der Waals surface area contributed by atoms with Crippen LogP contribution in [0.2, 0.25) is 8.87 Å². The number of carbonyl (C=O) groups is 2. The number of hydrogen-bond acceptors (Lipinski definition) is 4. The summed E-state index contributed by atoms with van der Waals surface area (Å²) in [6, 6.07) is 0. The number of carbonyl (C=O) groups excluding carboxylic acids is 2.